The Bertz CT molecular complexity index is 1450. The van der Waals surface area contributed by atoms with Crippen molar-refractivity contribution in [1.82, 2.24) is 9.62 Å². The van der Waals surface area contributed by atoms with Crippen LogP contribution in [-0.2, 0) is 34.3 Å². The molecule has 3 aromatic rings. The highest BCUT2D eigenvalue weighted by atomic mass is 32.2. The Morgan fingerprint density at radius 3 is 2.19 bits per heavy atom. The lowest BCUT2D eigenvalue weighted by atomic mass is 10.1. The van der Waals surface area contributed by atoms with Crippen molar-refractivity contribution in [2.75, 3.05) is 19.1 Å². The standard InChI is InChI=1S/C26H25N3O7S/c1-28-22-12-9-20(25(32)27-15-18-7-10-21(36-2)11-8-18)14-23(22)37(34,35)29(26(28)33)16-19-5-3-17(4-6-19)13-24(30)31/h3-12,14H,13,15-16H2,1-2H3,(H,27,32)(H,30,31). The van der Waals surface area contributed by atoms with Crippen molar-refractivity contribution in [3.8, 4) is 5.75 Å². The summed E-state index contributed by atoms with van der Waals surface area (Å²) in [5.74, 6) is -0.757. The highest BCUT2D eigenvalue weighted by Crippen LogP contribution is 2.35. The number of nitrogens with zero attached hydrogens (tertiary/aromatic N) is 2. The first-order valence-corrected chi connectivity index (χ1v) is 12.7. The summed E-state index contributed by atoms with van der Waals surface area (Å²) in [6.07, 6.45) is -0.166. The highest BCUT2D eigenvalue weighted by Gasteiger charge is 2.40. The van der Waals surface area contributed by atoms with Crippen LogP contribution in [0.1, 0.15) is 27.0 Å². The van der Waals surface area contributed by atoms with E-state index in [0.717, 1.165) is 9.87 Å². The molecule has 192 valence electrons. The number of carbonyl (C=O) groups excluding carboxylic acids is 2. The van der Waals surface area contributed by atoms with Crippen LogP contribution in [0.25, 0.3) is 0 Å². The second-order valence-electron chi connectivity index (χ2n) is 8.45. The number of anilines is 1. The summed E-state index contributed by atoms with van der Waals surface area (Å²) in [6, 6.07) is 16.9. The molecule has 0 spiro atoms. The Balaban J connectivity index is 1.55. The summed E-state index contributed by atoms with van der Waals surface area (Å²) in [6.45, 7) is -0.0127. The maximum absolute atomic E-state index is 13.4. The largest absolute Gasteiger partial charge is 0.497 e. The van der Waals surface area contributed by atoms with Crippen LogP contribution < -0.4 is 15.0 Å². The molecule has 1 aliphatic rings. The van der Waals surface area contributed by atoms with Gasteiger partial charge < -0.3 is 15.2 Å². The van der Waals surface area contributed by atoms with Crippen LogP contribution in [0, 0.1) is 0 Å². The zero-order valence-corrected chi connectivity index (χ0v) is 21.0. The lowest BCUT2D eigenvalue weighted by Gasteiger charge is -2.34. The van der Waals surface area contributed by atoms with Gasteiger partial charge in [0.1, 0.15) is 10.6 Å². The average Bonchev–Trinajstić information content (AvgIpc) is 2.89. The van der Waals surface area contributed by atoms with Gasteiger partial charge in [-0.15, -0.1) is 0 Å². The molecule has 0 radical (unpaired) electrons. The van der Waals surface area contributed by atoms with Crippen LogP contribution in [0.3, 0.4) is 0 Å². The molecule has 2 N–H and O–H groups in total. The molecule has 0 fully saturated rings. The first-order valence-electron chi connectivity index (χ1n) is 11.3. The zero-order chi connectivity index (χ0) is 26.7. The molecule has 0 aliphatic carbocycles. The van der Waals surface area contributed by atoms with E-state index in [4.69, 9.17) is 9.84 Å². The van der Waals surface area contributed by atoms with E-state index in [0.29, 0.717) is 16.9 Å². The van der Waals surface area contributed by atoms with Crippen molar-refractivity contribution >= 4 is 33.6 Å². The summed E-state index contributed by atoms with van der Waals surface area (Å²) in [7, 11) is -1.25. The number of sulfonamides is 1. The van der Waals surface area contributed by atoms with Gasteiger partial charge in [-0.05, 0) is 47.0 Å². The molecule has 3 amide bonds. The van der Waals surface area contributed by atoms with Crippen molar-refractivity contribution in [3.63, 3.8) is 0 Å². The predicted molar refractivity (Wildman–Crippen MR) is 135 cm³/mol. The number of nitrogens with one attached hydrogen (secondary N) is 1. The van der Waals surface area contributed by atoms with Crippen LogP contribution in [-0.4, -0.2) is 49.9 Å². The van der Waals surface area contributed by atoms with Crippen molar-refractivity contribution in [3.05, 3.63) is 89.0 Å². The minimum absolute atomic E-state index is 0.136. The monoisotopic (exact) mass is 523 g/mol. The number of methoxy groups -OCH3 is 1. The lowest BCUT2D eigenvalue weighted by molar-refractivity contribution is -0.136. The molecule has 0 bridgehead atoms. The molecule has 0 saturated carbocycles. The fraction of sp³-hybridized carbons (Fsp3) is 0.192. The lowest BCUT2D eigenvalue weighted by Crippen LogP contribution is -2.48. The summed E-state index contributed by atoms with van der Waals surface area (Å²) in [5.41, 5.74) is 2.21. The van der Waals surface area contributed by atoms with Gasteiger partial charge in [0.2, 0.25) is 0 Å². The minimum Gasteiger partial charge on any atom is -0.497 e. The maximum Gasteiger partial charge on any atom is 0.338 e. The predicted octanol–water partition coefficient (Wildman–Crippen LogP) is 3.01. The number of ether oxygens (including phenoxy) is 1. The number of carboxylic acid groups (broad SMARTS) is 1. The van der Waals surface area contributed by atoms with Crippen LogP contribution in [0.4, 0.5) is 10.5 Å². The van der Waals surface area contributed by atoms with E-state index >= 15 is 0 Å². The molecular weight excluding hydrogens is 498 g/mol. The van der Waals surface area contributed by atoms with E-state index in [-0.39, 0.29) is 35.7 Å². The Morgan fingerprint density at radius 1 is 0.946 bits per heavy atom. The first kappa shape index (κ1) is 25.7. The second kappa shape index (κ2) is 10.3. The normalized spacial score (nSPS) is 14.2. The van der Waals surface area contributed by atoms with E-state index in [9.17, 15) is 22.8 Å². The SMILES string of the molecule is COc1ccc(CNC(=O)c2ccc3c(c2)S(=O)(=O)N(Cc2ccc(CC(=O)O)cc2)C(=O)N3C)cc1. The molecule has 1 aliphatic heterocycles. The van der Waals surface area contributed by atoms with Gasteiger partial charge in [0.15, 0.2) is 0 Å². The van der Waals surface area contributed by atoms with Gasteiger partial charge in [-0.1, -0.05) is 36.4 Å². The van der Waals surface area contributed by atoms with Crippen molar-refractivity contribution in [2.45, 2.75) is 24.4 Å². The number of rotatable bonds is 8. The summed E-state index contributed by atoms with van der Waals surface area (Å²) in [5, 5.41) is 11.7. The second-order valence-corrected chi connectivity index (χ2v) is 10.3. The third kappa shape index (κ3) is 5.41. The molecule has 0 atom stereocenters. The van der Waals surface area contributed by atoms with Crippen molar-refractivity contribution in [2.24, 2.45) is 0 Å². The molecule has 0 saturated heterocycles. The van der Waals surface area contributed by atoms with Gasteiger partial charge in [0.05, 0.1) is 25.8 Å². The van der Waals surface area contributed by atoms with Crippen molar-refractivity contribution < 1.29 is 32.6 Å². The smallest absolute Gasteiger partial charge is 0.338 e. The number of hydrogen-bond acceptors (Lipinski definition) is 6. The van der Waals surface area contributed by atoms with Crippen LogP contribution >= 0.6 is 0 Å². The average molecular weight is 524 g/mol. The van der Waals surface area contributed by atoms with Crippen molar-refractivity contribution in [1.29, 1.82) is 0 Å². The fourth-order valence-electron chi connectivity index (χ4n) is 3.91. The number of benzene rings is 3. The third-order valence-electron chi connectivity index (χ3n) is 5.97. The highest BCUT2D eigenvalue weighted by molar-refractivity contribution is 7.90. The zero-order valence-electron chi connectivity index (χ0n) is 20.2. The van der Waals surface area contributed by atoms with Gasteiger partial charge in [-0.2, -0.15) is 0 Å². The van der Waals surface area contributed by atoms with E-state index in [1.807, 2.05) is 12.1 Å². The van der Waals surface area contributed by atoms with Gasteiger partial charge in [-0.3, -0.25) is 14.5 Å². The molecule has 10 nitrogen and oxygen atoms in total. The maximum atomic E-state index is 13.4. The number of carbonyl (C=O) groups is 3. The number of hydrogen-bond donors (Lipinski definition) is 2. The van der Waals surface area contributed by atoms with E-state index in [1.165, 1.54) is 30.1 Å². The Hall–Kier alpha value is -4.38. The van der Waals surface area contributed by atoms with E-state index in [1.54, 1.807) is 43.5 Å². The Kier molecular flexibility index (Phi) is 7.16. The van der Waals surface area contributed by atoms with Gasteiger partial charge in [0.25, 0.3) is 15.9 Å². The Labute approximate surface area is 214 Å². The number of fused-ring (bicyclic) bond motifs is 1. The minimum atomic E-state index is -4.27. The molecule has 0 unspecified atom stereocenters. The first-order chi connectivity index (χ1) is 17.6. The van der Waals surface area contributed by atoms with Crippen LogP contribution in [0.2, 0.25) is 0 Å². The van der Waals surface area contributed by atoms with Crippen LogP contribution in [0.15, 0.2) is 71.6 Å². The molecule has 37 heavy (non-hydrogen) atoms. The summed E-state index contributed by atoms with van der Waals surface area (Å²) < 4.78 is 32.8. The number of aliphatic carboxylic acids is 1. The molecule has 1 heterocycles. The van der Waals surface area contributed by atoms with Gasteiger partial charge in [0, 0.05) is 19.2 Å². The quantitative estimate of drug-likeness (QED) is 0.464. The summed E-state index contributed by atoms with van der Waals surface area (Å²) >= 11 is 0. The third-order valence-corrected chi connectivity index (χ3v) is 7.72. The van der Waals surface area contributed by atoms with Gasteiger partial charge >= 0.3 is 12.0 Å². The van der Waals surface area contributed by atoms with E-state index < -0.39 is 27.9 Å². The van der Waals surface area contributed by atoms with Crippen LogP contribution in [0.5, 0.6) is 5.75 Å². The number of carboxylic acids is 1. The molecule has 4 rings (SSSR count). The molecule has 0 aromatic heterocycles. The topological polar surface area (TPSA) is 133 Å². The molecular formula is C26H25N3O7S. The number of urea groups is 1. The molecule has 3 aromatic carbocycles. The van der Waals surface area contributed by atoms with E-state index in [2.05, 4.69) is 5.32 Å². The summed E-state index contributed by atoms with van der Waals surface area (Å²) in [4.78, 5) is 37.7. The van der Waals surface area contributed by atoms with Gasteiger partial charge in [-0.25, -0.2) is 17.5 Å². The fourth-order valence-corrected chi connectivity index (χ4v) is 5.54. The molecule has 11 heteroatoms. The number of amides is 3. The Morgan fingerprint density at radius 2 is 1.57 bits per heavy atom.